The van der Waals surface area contributed by atoms with E-state index < -0.39 is 0 Å². The van der Waals surface area contributed by atoms with Crippen LogP contribution in [0.3, 0.4) is 0 Å². The van der Waals surface area contributed by atoms with Crippen LogP contribution in [0.1, 0.15) is 43.4 Å². The molecule has 110 valence electrons. The van der Waals surface area contributed by atoms with Gasteiger partial charge in [0.2, 0.25) is 0 Å². The van der Waals surface area contributed by atoms with Crippen LogP contribution in [0.25, 0.3) is 0 Å². The Morgan fingerprint density at radius 2 is 2.20 bits per heavy atom. The predicted molar refractivity (Wildman–Crippen MR) is 76.2 cm³/mol. The lowest BCUT2D eigenvalue weighted by molar-refractivity contribution is -0.142. The van der Waals surface area contributed by atoms with E-state index in [1.807, 2.05) is 26.8 Å². The number of benzene rings is 1. The van der Waals surface area contributed by atoms with Crippen LogP contribution in [-0.2, 0) is 16.0 Å². The molecule has 1 N–H and O–H groups in total. The van der Waals surface area contributed by atoms with E-state index in [1.54, 1.807) is 0 Å². The summed E-state index contributed by atoms with van der Waals surface area (Å²) in [4.78, 5) is 10.8. The quantitative estimate of drug-likeness (QED) is 0.863. The van der Waals surface area contributed by atoms with Crippen molar-refractivity contribution in [2.24, 2.45) is 0 Å². The van der Waals surface area contributed by atoms with E-state index in [9.17, 15) is 9.90 Å². The molecule has 0 aromatic heterocycles. The van der Waals surface area contributed by atoms with Gasteiger partial charge in [-0.05, 0) is 50.8 Å². The molecule has 0 fully saturated rings. The fraction of sp³-hybridized carbons (Fsp3) is 0.562. The number of hydrogen-bond acceptors (Lipinski definition) is 4. The third-order valence-electron chi connectivity index (χ3n) is 4.02. The van der Waals surface area contributed by atoms with Gasteiger partial charge in [0.05, 0.1) is 6.61 Å². The average Bonchev–Trinajstić information content (AvgIpc) is 2.35. The maximum atomic E-state index is 10.8. The summed E-state index contributed by atoms with van der Waals surface area (Å²) in [5.41, 5.74) is 2.49. The average molecular weight is 278 g/mol. The molecule has 0 saturated heterocycles. The summed E-state index contributed by atoms with van der Waals surface area (Å²) < 4.78 is 11.1. The van der Waals surface area contributed by atoms with Crippen molar-refractivity contribution in [3.05, 3.63) is 22.8 Å². The van der Waals surface area contributed by atoms with Gasteiger partial charge in [-0.1, -0.05) is 0 Å². The van der Waals surface area contributed by atoms with Crippen LogP contribution < -0.4 is 4.74 Å². The first-order valence-electron chi connectivity index (χ1n) is 6.97. The molecule has 0 saturated carbocycles. The first-order chi connectivity index (χ1) is 9.32. The van der Waals surface area contributed by atoms with Crippen LogP contribution in [0.2, 0.25) is 0 Å². The highest BCUT2D eigenvalue weighted by Gasteiger charge is 2.33. The van der Waals surface area contributed by atoms with Crippen molar-refractivity contribution in [1.29, 1.82) is 0 Å². The number of fused-ring (bicyclic) bond motifs is 1. The molecule has 1 unspecified atom stereocenters. The molecule has 4 heteroatoms. The van der Waals surface area contributed by atoms with E-state index in [-0.39, 0.29) is 11.6 Å². The summed E-state index contributed by atoms with van der Waals surface area (Å²) in [5, 5.41) is 9.98. The highest BCUT2D eigenvalue weighted by Crippen LogP contribution is 2.41. The fourth-order valence-electron chi connectivity index (χ4n) is 2.67. The Morgan fingerprint density at radius 3 is 2.85 bits per heavy atom. The molecule has 1 aliphatic heterocycles. The molecular weight excluding hydrogens is 256 g/mol. The van der Waals surface area contributed by atoms with Crippen LogP contribution in [0.15, 0.2) is 6.07 Å². The van der Waals surface area contributed by atoms with Gasteiger partial charge in [0.1, 0.15) is 17.1 Å². The molecule has 2 rings (SSSR count). The highest BCUT2D eigenvalue weighted by molar-refractivity contribution is 5.65. The molecule has 0 bridgehead atoms. The summed E-state index contributed by atoms with van der Waals surface area (Å²) in [6, 6.07) is 1.89. The Bertz CT molecular complexity index is 536. The van der Waals surface area contributed by atoms with Gasteiger partial charge in [-0.15, -0.1) is 0 Å². The Labute approximate surface area is 119 Å². The SMILES string of the molecule is CC(=O)OCCC1(C)CCc2c(cc(C)c(O)c2C)O1. The van der Waals surface area contributed by atoms with Crippen molar-refractivity contribution in [2.45, 2.75) is 52.6 Å². The van der Waals surface area contributed by atoms with Gasteiger partial charge >= 0.3 is 5.97 Å². The zero-order valence-corrected chi connectivity index (χ0v) is 12.6. The van der Waals surface area contributed by atoms with Crippen molar-refractivity contribution in [3.8, 4) is 11.5 Å². The van der Waals surface area contributed by atoms with E-state index in [0.29, 0.717) is 18.8 Å². The van der Waals surface area contributed by atoms with Crippen molar-refractivity contribution in [2.75, 3.05) is 6.61 Å². The second kappa shape index (κ2) is 5.35. The van der Waals surface area contributed by atoms with Gasteiger partial charge in [-0.2, -0.15) is 0 Å². The number of esters is 1. The number of carbonyl (C=O) groups is 1. The number of rotatable bonds is 3. The lowest BCUT2D eigenvalue weighted by Gasteiger charge is -2.36. The second-order valence-corrected chi connectivity index (χ2v) is 5.79. The third kappa shape index (κ3) is 2.89. The third-order valence-corrected chi connectivity index (χ3v) is 4.02. The minimum Gasteiger partial charge on any atom is -0.507 e. The molecule has 1 aliphatic rings. The first-order valence-corrected chi connectivity index (χ1v) is 6.97. The van der Waals surface area contributed by atoms with Gasteiger partial charge in [0, 0.05) is 18.9 Å². The topological polar surface area (TPSA) is 55.8 Å². The number of hydrogen-bond donors (Lipinski definition) is 1. The minimum absolute atomic E-state index is 0.263. The first kappa shape index (κ1) is 14.7. The van der Waals surface area contributed by atoms with Gasteiger partial charge in [0.15, 0.2) is 0 Å². The Morgan fingerprint density at radius 1 is 1.50 bits per heavy atom. The van der Waals surface area contributed by atoms with Crippen LogP contribution in [0, 0.1) is 13.8 Å². The Hall–Kier alpha value is -1.71. The molecule has 20 heavy (non-hydrogen) atoms. The summed E-state index contributed by atoms with van der Waals surface area (Å²) >= 11 is 0. The van der Waals surface area contributed by atoms with E-state index in [0.717, 1.165) is 35.3 Å². The van der Waals surface area contributed by atoms with Crippen LogP contribution in [0.5, 0.6) is 11.5 Å². The minimum atomic E-state index is -0.321. The fourth-order valence-corrected chi connectivity index (χ4v) is 2.67. The molecule has 0 aliphatic carbocycles. The molecule has 0 amide bonds. The van der Waals surface area contributed by atoms with E-state index >= 15 is 0 Å². The lowest BCUT2D eigenvalue weighted by Crippen LogP contribution is -2.38. The number of phenols is 1. The zero-order valence-electron chi connectivity index (χ0n) is 12.6. The van der Waals surface area contributed by atoms with Gasteiger partial charge in [0.25, 0.3) is 0 Å². The smallest absolute Gasteiger partial charge is 0.302 e. The van der Waals surface area contributed by atoms with Crippen LogP contribution in [-0.4, -0.2) is 23.3 Å². The summed E-state index contributed by atoms with van der Waals surface area (Å²) in [6.45, 7) is 7.62. The summed E-state index contributed by atoms with van der Waals surface area (Å²) in [6.07, 6.45) is 2.39. The molecule has 1 aromatic rings. The van der Waals surface area contributed by atoms with Crippen molar-refractivity contribution >= 4 is 5.97 Å². The maximum Gasteiger partial charge on any atom is 0.302 e. The standard InChI is InChI=1S/C16H22O4/c1-10-9-14-13(11(2)15(10)18)5-6-16(4,20-14)7-8-19-12(3)17/h9,18H,5-8H2,1-4H3. The molecule has 1 atom stereocenters. The lowest BCUT2D eigenvalue weighted by atomic mass is 9.87. The van der Waals surface area contributed by atoms with Crippen molar-refractivity contribution in [1.82, 2.24) is 0 Å². The number of ether oxygens (including phenoxy) is 2. The molecule has 1 aromatic carbocycles. The van der Waals surface area contributed by atoms with Crippen LogP contribution >= 0.6 is 0 Å². The van der Waals surface area contributed by atoms with E-state index in [1.165, 1.54) is 6.92 Å². The molecule has 4 nitrogen and oxygen atoms in total. The maximum absolute atomic E-state index is 10.8. The number of carbonyl (C=O) groups excluding carboxylic acids is 1. The summed E-state index contributed by atoms with van der Waals surface area (Å²) in [7, 11) is 0. The number of aromatic hydroxyl groups is 1. The zero-order chi connectivity index (χ0) is 14.9. The highest BCUT2D eigenvalue weighted by atomic mass is 16.5. The van der Waals surface area contributed by atoms with Gasteiger partial charge in [-0.3, -0.25) is 4.79 Å². The normalized spacial score (nSPS) is 21.0. The summed E-state index contributed by atoms with van der Waals surface area (Å²) in [5.74, 6) is 0.937. The number of aryl methyl sites for hydroxylation is 1. The second-order valence-electron chi connectivity index (χ2n) is 5.79. The van der Waals surface area contributed by atoms with Crippen LogP contribution in [0.4, 0.5) is 0 Å². The molecule has 1 heterocycles. The monoisotopic (exact) mass is 278 g/mol. The number of phenolic OH excluding ortho intramolecular Hbond substituents is 1. The van der Waals surface area contributed by atoms with Gasteiger partial charge in [-0.25, -0.2) is 0 Å². The molecular formula is C16H22O4. The Kier molecular flexibility index (Phi) is 3.93. The van der Waals surface area contributed by atoms with Crippen molar-refractivity contribution < 1.29 is 19.4 Å². The van der Waals surface area contributed by atoms with E-state index in [4.69, 9.17) is 9.47 Å². The molecule has 0 spiro atoms. The van der Waals surface area contributed by atoms with Crippen molar-refractivity contribution in [3.63, 3.8) is 0 Å². The Balaban J connectivity index is 2.16. The van der Waals surface area contributed by atoms with Gasteiger partial charge < -0.3 is 14.6 Å². The van der Waals surface area contributed by atoms with E-state index in [2.05, 4.69) is 0 Å². The largest absolute Gasteiger partial charge is 0.507 e. The predicted octanol–water partition coefficient (Wildman–Crippen LogP) is 3.05. The molecule has 0 radical (unpaired) electrons.